The standard InChI is InChI=1S/C18H28N2O2S/c1-13(2)23-12-16-7-4-8-17(14(16)3)20-18(21)19-10-15-6-5-9-22-11-15/h4,7-8,13,15H,5-6,9-12H2,1-3H3,(H2,19,20,21). The van der Waals surface area contributed by atoms with Crippen LogP contribution < -0.4 is 10.6 Å². The molecule has 0 spiro atoms. The Balaban J connectivity index is 1.86. The lowest BCUT2D eigenvalue weighted by atomic mass is 10.0. The second kappa shape index (κ2) is 9.18. The van der Waals surface area contributed by atoms with Crippen LogP contribution in [0.25, 0.3) is 0 Å². The highest BCUT2D eigenvalue weighted by molar-refractivity contribution is 7.99. The zero-order valence-corrected chi connectivity index (χ0v) is 15.2. The van der Waals surface area contributed by atoms with E-state index in [-0.39, 0.29) is 6.03 Å². The van der Waals surface area contributed by atoms with Gasteiger partial charge in [0.25, 0.3) is 0 Å². The number of ether oxygens (including phenoxy) is 1. The number of anilines is 1. The summed E-state index contributed by atoms with van der Waals surface area (Å²) in [6, 6.07) is 5.97. The second-order valence-corrected chi connectivity index (χ2v) is 7.93. The van der Waals surface area contributed by atoms with Gasteiger partial charge in [0.2, 0.25) is 0 Å². The van der Waals surface area contributed by atoms with E-state index < -0.39 is 0 Å². The van der Waals surface area contributed by atoms with Crippen molar-refractivity contribution >= 4 is 23.5 Å². The van der Waals surface area contributed by atoms with Gasteiger partial charge in [0.05, 0.1) is 6.61 Å². The number of hydrogen-bond acceptors (Lipinski definition) is 3. The molecule has 1 aliphatic rings. The van der Waals surface area contributed by atoms with Crippen molar-refractivity contribution in [3.8, 4) is 0 Å². The molecular formula is C18H28N2O2S. The molecule has 2 amide bonds. The molecular weight excluding hydrogens is 308 g/mol. The highest BCUT2D eigenvalue weighted by Crippen LogP contribution is 2.24. The van der Waals surface area contributed by atoms with Gasteiger partial charge in [0.1, 0.15) is 0 Å². The molecule has 23 heavy (non-hydrogen) atoms. The van der Waals surface area contributed by atoms with E-state index >= 15 is 0 Å². The van der Waals surface area contributed by atoms with Crippen molar-refractivity contribution in [3.05, 3.63) is 29.3 Å². The van der Waals surface area contributed by atoms with Crippen LogP contribution in [0.5, 0.6) is 0 Å². The molecule has 0 saturated carbocycles. The summed E-state index contributed by atoms with van der Waals surface area (Å²) in [4.78, 5) is 12.1. The number of benzene rings is 1. The smallest absolute Gasteiger partial charge is 0.319 e. The first-order chi connectivity index (χ1) is 11.1. The zero-order chi connectivity index (χ0) is 16.7. The van der Waals surface area contributed by atoms with Crippen LogP contribution in [0.15, 0.2) is 18.2 Å². The minimum absolute atomic E-state index is 0.132. The highest BCUT2D eigenvalue weighted by atomic mass is 32.2. The molecule has 2 N–H and O–H groups in total. The van der Waals surface area contributed by atoms with Crippen LogP contribution >= 0.6 is 11.8 Å². The lowest BCUT2D eigenvalue weighted by molar-refractivity contribution is 0.0559. The molecule has 0 aliphatic carbocycles. The van der Waals surface area contributed by atoms with Gasteiger partial charge in [-0.25, -0.2) is 4.79 Å². The first-order valence-corrected chi connectivity index (χ1v) is 9.44. The minimum Gasteiger partial charge on any atom is -0.381 e. The first kappa shape index (κ1) is 18.1. The van der Waals surface area contributed by atoms with Gasteiger partial charge in [-0.3, -0.25) is 0 Å². The van der Waals surface area contributed by atoms with Crippen molar-refractivity contribution in [2.24, 2.45) is 5.92 Å². The molecule has 1 aliphatic heterocycles. The third-order valence-electron chi connectivity index (χ3n) is 4.07. The topological polar surface area (TPSA) is 50.4 Å². The molecule has 0 aromatic heterocycles. The molecule has 0 bridgehead atoms. The Labute approximate surface area is 143 Å². The quantitative estimate of drug-likeness (QED) is 0.819. The number of carbonyl (C=O) groups is 1. The largest absolute Gasteiger partial charge is 0.381 e. The van der Waals surface area contributed by atoms with Crippen molar-refractivity contribution in [3.63, 3.8) is 0 Å². The Kier molecular flexibility index (Phi) is 7.24. The number of hydrogen-bond donors (Lipinski definition) is 2. The maximum absolute atomic E-state index is 12.1. The Hall–Kier alpha value is -1.20. The van der Waals surface area contributed by atoms with E-state index in [1.807, 2.05) is 23.9 Å². The van der Waals surface area contributed by atoms with Crippen molar-refractivity contribution in [2.45, 2.75) is 44.6 Å². The highest BCUT2D eigenvalue weighted by Gasteiger charge is 2.15. The van der Waals surface area contributed by atoms with E-state index in [2.05, 4.69) is 37.5 Å². The van der Waals surface area contributed by atoms with Gasteiger partial charge in [-0.15, -0.1) is 0 Å². The average molecular weight is 337 g/mol. The molecule has 4 nitrogen and oxygen atoms in total. The second-order valence-electron chi connectivity index (χ2n) is 6.37. The van der Waals surface area contributed by atoms with Gasteiger partial charge in [0, 0.05) is 24.6 Å². The van der Waals surface area contributed by atoms with E-state index in [9.17, 15) is 4.79 Å². The molecule has 1 aromatic rings. The Morgan fingerprint density at radius 3 is 2.96 bits per heavy atom. The summed E-state index contributed by atoms with van der Waals surface area (Å²) in [7, 11) is 0. The van der Waals surface area contributed by atoms with Gasteiger partial charge >= 0.3 is 6.03 Å². The van der Waals surface area contributed by atoms with Crippen molar-refractivity contribution in [1.82, 2.24) is 5.32 Å². The predicted octanol–water partition coefficient (Wildman–Crippen LogP) is 4.18. The fourth-order valence-electron chi connectivity index (χ4n) is 2.60. The third kappa shape index (κ3) is 6.07. The molecule has 1 heterocycles. The van der Waals surface area contributed by atoms with E-state index in [4.69, 9.17) is 4.74 Å². The van der Waals surface area contributed by atoms with Gasteiger partial charge in [-0.2, -0.15) is 11.8 Å². The summed E-state index contributed by atoms with van der Waals surface area (Å²) in [5.41, 5.74) is 3.32. The summed E-state index contributed by atoms with van der Waals surface area (Å²) in [5, 5.41) is 6.54. The zero-order valence-electron chi connectivity index (χ0n) is 14.4. The van der Waals surface area contributed by atoms with Crippen LogP contribution in [0.3, 0.4) is 0 Å². The van der Waals surface area contributed by atoms with E-state index in [0.717, 1.165) is 43.1 Å². The molecule has 5 heteroatoms. The molecule has 0 radical (unpaired) electrons. The predicted molar refractivity (Wildman–Crippen MR) is 98.2 cm³/mol. The van der Waals surface area contributed by atoms with E-state index in [1.165, 1.54) is 5.56 Å². The van der Waals surface area contributed by atoms with E-state index in [0.29, 0.717) is 17.7 Å². The number of amides is 2. The van der Waals surface area contributed by atoms with Crippen LogP contribution in [-0.2, 0) is 10.5 Å². The molecule has 1 saturated heterocycles. The maximum atomic E-state index is 12.1. The third-order valence-corrected chi connectivity index (χ3v) is 5.22. The van der Waals surface area contributed by atoms with Gasteiger partial charge in [0.15, 0.2) is 0 Å². The van der Waals surface area contributed by atoms with Crippen molar-refractivity contribution in [2.75, 3.05) is 25.1 Å². The summed E-state index contributed by atoms with van der Waals surface area (Å²) in [6.07, 6.45) is 2.21. The fraction of sp³-hybridized carbons (Fsp3) is 0.611. The van der Waals surface area contributed by atoms with Gasteiger partial charge in [-0.05, 0) is 48.1 Å². The van der Waals surface area contributed by atoms with Crippen LogP contribution in [0, 0.1) is 12.8 Å². The number of rotatable bonds is 6. The molecule has 2 rings (SSSR count). The fourth-order valence-corrected chi connectivity index (χ4v) is 3.43. The maximum Gasteiger partial charge on any atom is 0.319 e. The summed E-state index contributed by atoms with van der Waals surface area (Å²) in [5.74, 6) is 1.41. The molecule has 1 unspecified atom stereocenters. The van der Waals surface area contributed by atoms with Crippen LogP contribution in [-0.4, -0.2) is 31.0 Å². The van der Waals surface area contributed by atoms with Crippen LogP contribution in [0.2, 0.25) is 0 Å². The molecule has 128 valence electrons. The van der Waals surface area contributed by atoms with E-state index in [1.54, 1.807) is 0 Å². The van der Waals surface area contributed by atoms with Crippen LogP contribution in [0.1, 0.15) is 37.8 Å². The number of urea groups is 1. The Morgan fingerprint density at radius 1 is 1.43 bits per heavy atom. The van der Waals surface area contributed by atoms with Crippen LogP contribution in [0.4, 0.5) is 10.5 Å². The lowest BCUT2D eigenvalue weighted by Crippen LogP contribution is -2.36. The van der Waals surface area contributed by atoms with Gasteiger partial charge < -0.3 is 15.4 Å². The summed E-state index contributed by atoms with van der Waals surface area (Å²) < 4.78 is 5.44. The first-order valence-electron chi connectivity index (χ1n) is 8.39. The van der Waals surface area contributed by atoms with Crippen molar-refractivity contribution < 1.29 is 9.53 Å². The monoisotopic (exact) mass is 336 g/mol. The lowest BCUT2D eigenvalue weighted by Gasteiger charge is -2.22. The molecule has 1 atom stereocenters. The molecule has 1 fully saturated rings. The molecule has 1 aromatic carbocycles. The Bertz CT molecular complexity index is 514. The normalized spacial score (nSPS) is 18.0. The Morgan fingerprint density at radius 2 is 2.26 bits per heavy atom. The summed E-state index contributed by atoms with van der Waals surface area (Å²) in [6.45, 7) is 8.74. The number of thioether (sulfide) groups is 1. The SMILES string of the molecule is Cc1c(CSC(C)C)cccc1NC(=O)NCC1CCCOC1. The van der Waals surface area contributed by atoms with Crippen molar-refractivity contribution in [1.29, 1.82) is 0 Å². The number of carbonyl (C=O) groups excluding carboxylic acids is 1. The minimum atomic E-state index is -0.132. The average Bonchev–Trinajstić information content (AvgIpc) is 2.54. The summed E-state index contributed by atoms with van der Waals surface area (Å²) >= 11 is 1.91. The number of nitrogens with one attached hydrogen (secondary N) is 2. The van der Waals surface area contributed by atoms with Gasteiger partial charge in [-0.1, -0.05) is 26.0 Å².